The average Bonchev–Trinajstić information content (AvgIpc) is 2.50. The first kappa shape index (κ1) is 20.2. The quantitative estimate of drug-likeness (QED) is 0.396. The van der Waals surface area contributed by atoms with E-state index in [2.05, 4.69) is 13.8 Å². The second kappa shape index (κ2) is 14.2. The Hall–Kier alpha value is -0.770. The molecule has 21 heavy (non-hydrogen) atoms. The molecule has 0 aliphatic heterocycles. The molecule has 0 spiro atoms. The zero-order valence-corrected chi connectivity index (χ0v) is 14.1. The van der Waals surface area contributed by atoms with Crippen LogP contribution in [0.2, 0.25) is 0 Å². The number of unbranched alkanes of at least 4 members (excludes halogenated alkanes) is 4. The fourth-order valence-electron chi connectivity index (χ4n) is 2.17. The van der Waals surface area contributed by atoms with E-state index in [4.69, 9.17) is 9.47 Å². The van der Waals surface area contributed by atoms with Crippen molar-refractivity contribution in [2.45, 2.75) is 84.7 Å². The summed E-state index contributed by atoms with van der Waals surface area (Å²) in [6, 6.07) is 0. The van der Waals surface area contributed by atoms with E-state index in [-0.39, 0.29) is 6.61 Å². The Morgan fingerprint density at radius 2 is 1.52 bits per heavy atom. The van der Waals surface area contributed by atoms with Crippen molar-refractivity contribution in [2.24, 2.45) is 5.92 Å². The van der Waals surface area contributed by atoms with Gasteiger partial charge in [0.2, 0.25) is 0 Å². The van der Waals surface area contributed by atoms with Gasteiger partial charge in [-0.2, -0.15) is 0 Å². The minimum Gasteiger partial charge on any atom is -0.434 e. The number of hydrogen-bond acceptors (Lipinski definition) is 4. The van der Waals surface area contributed by atoms with Crippen LogP contribution in [-0.4, -0.2) is 30.6 Å². The molecule has 126 valence electrons. The van der Waals surface area contributed by atoms with Gasteiger partial charge in [-0.1, -0.05) is 59.3 Å². The number of carbonyl (C=O) groups excluding carboxylic acids is 1. The normalized spacial score (nSPS) is 13.7. The predicted octanol–water partition coefficient (Wildman–Crippen LogP) is 4.69. The van der Waals surface area contributed by atoms with Crippen molar-refractivity contribution in [3.05, 3.63) is 0 Å². The molecular formula is C17H34O4. The summed E-state index contributed by atoms with van der Waals surface area (Å²) in [6.45, 7) is 6.68. The monoisotopic (exact) mass is 302 g/mol. The lowest BCUT2D eigenvalue weighted by molar-refractivity contribution is 0.0103. The minimum absolute atomic E-state index is 0.0193. The van der Waals surface area contributed by atoms with E-state index < -0.39 is 12.3 Å². The third kappa shape index (κ3) is 12.7. The van der Waals surface area contributed by atoms with E-state index in [0.29, 0.717) is 18.9 Å². The van der Waals surface area contributed by atoms with E-state index in [0.717, 1.165) is 12.8 Å². The molecular weight excluding hydrogens is 268 g/mol. The lowest BCUT2D eigenvalue weighted by Gasteiger charge is -2.17. The number of hydrogen-bond donors (Lipinski definition) is 1. The van der Waals surface area contributed by atoms with Crippen molar-refractivity contribution >= 4 is 6.16 Å². The van der Waals surface area contributed by atoms with Crippen LogP contribution in [-0.2, 0) is 9.47 Å². The smallest absolute Gasteiger partial charge is 0.434 e. The molecule has 0 aliphatic rings. The van der Waals surface area contributed by atoms with Crippen LogP contribution in [0.3, 0.4) is 0 Å². The summed E-state index contributed by atoms with van der Waals surface area (Å²) in [5.41, 5.74) is 0. The molecule has 0 heterocycles. The standard InChI is InChI=1S/C17H34O4/c1-4-7-9-10-12-15(11-8-5-2)13-20-17(19)21-14-16(18)6-3/h15-16,18H,4-14H2,1-3H3. The fourth-order valence-corrected chi connectivity index (χ4v) is 2.17. The minimum atomic E-state index is -0.655. The van der Waals surface area contributed by atoms with Crippen LogP contribution in [0.5, 0.6) is 0 Å². The summed E-state index contributed by atoms with van der Waals surface area (Å²) in [5.74, 6) is 0.436. The molecule has 0 bridgehead atoms. The predicted molar refractivity (Wildman–Crippen MR) is 85.4 cm³/mol. The van der Waals surface area contributed by atoms with E-state index >= 15 is 0 Å². The Bertz CT molecular complexity index is 243. The number of aliphatic hydroxyl groups is 1. The molecule has 4 nitrogen and oxygen atoms in total. The topological polar surface area (TPSA) is 55.8 Å². The van der Waals surface area contributed by atoms with E-state index in [1.807, 2.05) is 6.92 Å². The molecule has 0 aromatic heterocycles. The van der Waals surface area contributed by atoms with Gasteiger partial charge in [-0.25, -0.2) is 4.79 Å². The average molecular weight is 302 g/mol. The van der Waals surface area contributed by atoms with Gasteiger partial charge in [0.05, 0.1) is 12.7 Å². The Morgan fingerprint density at radius 3 is 2.14 bits per heavy atom. The van der Waals surface area contributed by atoms with Gasteiger partial charge in [-0.15, -0.1) is 0 Å². The molecule has 2 atom stereocenters. The Morgan fingerprint density at radius 1 is 0.905 bits per heavy atom. The Balaban J connectivity index is 3.89. The third-order valence-corrected chi connectivity index (χ3v) is 3.73. The molecule has 0 aromatic rings. The van der Waals surface area contributed by atoms with Crippen molar-refractivity contribution in [2.75, 3.05) is 13.2 Å². The van der Waals surface area contributed by atoms with Gasteiger partial charge in [0.1, 0.15) is 6.61 Å². The van der Waals surface area contributed by atoms with Crippen LogP contribution < -0.4 is 0 Å². The maximum Gasteiger partial charge on any atom is 0.508 e. The van der Waals surface area contributed by atoms with Crippen LogP contribution in [0.4, 0.5) is 4.79 Å². The van der Waals surface area contributed by atoms with Crippen molar-refractivity contribution in [3.63, 3.8) is 0 Å². The van der Waals surface area contributed by atoms with Crippen molar-refractivity contribution in [1.29, 1.82) is 0 Å². The summed E-state index contributed by atoms with van der Waals surface area (Å²) in [7, 11) is 0. The maximum atomic E-state index is 11.5. The molecule has 0 amide bonds. The molecule has 0 fully saturated rings. The lowest BCUT2D eigenvalue weighted by atomic mass is 9.96. The zero-order chi connectivity index (χ0) is 15.9. The molecule has 0 radical (unpaired) electrons. The van der Waals surface area contributed by atoms with Gasteiger partial charge in [0, 0.05) is 0 Å². The van der Waals surface area contributed by atoms with Crippen molar-refractivity contribution in [1.82, 2.24) is 0 Å². The van der Waals surface area contributed by atoms with Gasteiger partial charge < -0.3 is 14.6 Å². The van der Waals surface area contributed by atoms with Crippen LogP contribution in [0.25, 0.3) is 0 Å². The van der Waals surface area contributed by atoms with Gasteiger partial charge in [0.15, 0.2) is 0 Å². The highest BCUT2D eigenvalue weighted by atomic mass is 16.7. The highest BCUT2D eigenvalue weighted by Crippen LogP contribution is 2.18. The highest BCUT2D eigenvalue weighted by molar-refractivity contribution is 5.59. The number of ether oxygens (including phenoxy) is 2. The summed E-state index contributed by atoms with van der Waals surface area (Å²) < 4.78 is 10.1. The first-order valence-corrected chi connectivity index (χ1v) is 8.61. The van der Waals surface area contributed by atoms with Gasteiger partial charge in [0.25, 0.3) is 0 Å². The second-order valence-corrected chi connectivity index (χ2v) is 5.79. The molecule has 0 saturated carbocycles. The fraction of sp³-hybridized carbons (Fsp3) is 0.941. The van der Waals surface area contributed by atoms with E-state index in [1.165, 1.54) is 38.5 Å². The molecule has 0 aromatic carbocycles. The number of aliphatic hydroxyl groups excluding tert-OH is 1. The third-order valence-electron chi connectivity index (χ3n) is 3.73. The zero-order valence-electron chi connectivity index (χ0n) is 14.1. The number of carbonyl (C=O) groups is 1. The molecule has 2 unspecified atom stereocenters. The summed E-state index contributed by atoms with van der Waals surface area (Å²) in [5, 5.41) is 9.33. The molecule has 0 saturated heterocycles. The Kier molecular flexibility index (Phi) is 13.7. The van der Waals surface area contributed by atoms with E-state index in [9.17, 15) is 9.90 Å². The first-order chi connectivity index (χ1) is 10.1. The Labute approximate surface area is 130 Å². The molecule has 0 rings (SSSR count). The number of rotatable bonds is 13. The SMILES string of the molecule is CCCCCCC(CCCC)COC(=O)OCC(O)CC. The first-order valence-electron chi connectivity index (χ1n) is 8.61. The maximum absolute atomic E-state index is 11.5. The van der Waals surface area contributed by atoms with Gasteiger partial charge in [-0.3, -0.25) is 0 Å². The summed E-state index contributed by atoms with van der Waals surface area (Å²) in [4.78, 5) is 11.5. The largest absolute Gasteiger partial charge is 0.508 e. The lowest BCUT2D eigenvalue weighted by Crippen LogP contribution is -2.20. The summed E-state index contributed by atoms with van der Waals surface area (Å²) >= 11 is 0. The molecule has 0 aliphatic carbocycles. The van der Waals surface area contributed by atoms with Crippen LogP contribution in [0, 0.1) is 5.92 Å². The van der Waals surface area contributed by atoms with Gasteiger partial charge in [-0.05, 0) is 25.2 Å². The van der Waals surface area contributed by atoms with Gasteiger partial charge >= 0.3 is 6.16 Å². The molecule has 1 N–H and O–H groups in total. The highest BCUT2D eigenvalue weighted by Gasteiger charge is 2.13. The van der Waals surface area contributed by atoms with Crippen LogP contribution >= 0.6 is 0 Å². The second-order valence-electron chi connectivity index (χ2n) is 5.79. The van der Waals surface area contributed by atoms with Crippen molar-refractivity contribution < 1.29 is 19.4 Å². The van der Waals surface area contributed by atoms with Crippen molar-refractivity contribution in [3.8, 4) is 0 Å². The molecule has 4 heteroatoms. The van der Waals surface area contributed by atoms with Crippen LogP contribution in [0.15, 0.2) is 0 Å². The van der Waals surface area contributed by atoms with E-state index in [1.54, 1.807) is 0 Å². The summed E-state index contributed by atoms with van der Waals surface area (Å²) in [6.07, 6.45) is 8.86. The van der Waals surface area contributed by atoms with Crippen LogP contribution in [0.1, 0.15) is 78.6 Å².